The van der Waals surface area contributed by atoms with Crippen molar-refractivity contribution in [2.75, 3.05) is 16.8 Å². The normalized spacial score (nSPS) is 18.2. The molecule has 0 atom stereocenters. The average Bonchev–Trinajstić information content (AvgIpc) is 2.15. The van der Waals surface area contributed by atoms with Gasteiger partial charge in [0.15, 0.2) is 0 Å². The molecule has 1 heterocycles. The van der Waals surface area contributed by atoms with Crippen LogP contribution >= 0.6 is 0 Å². The Morgan fingerprint density at radius 3 is 2.62 bits per heavy atom. The smallest absolute Gasteiger partial charge is 0.0612 e. The quantitative estimate of drug-likeness (QED) is 0.777. The lowest BCUT2D eigenvalue weighted by molar-refractivity contribution is 0.438. The zero-order chi connectivity index (χ0) is 11.9. The summed E-state index contributed by atoms with van der Waals surface area (Å²) in [6.07, 6.45) is 0. The van der Waals surface area contributed by atoms with E-state index in [1.54, 1.807) is 0 Å². The first-order valence-electron chi connectivity index (χ1n) is 6.06. The molecule has 2 rings (SSSR count). The van der Waals surface area contributed by atoms with Crippen LogP contribution in [0.4, 0.5) is 11.4 Å². The number of nitrogens with one attached hydrogen (secondary N) is 1. The highest BCUT2D eigenvalue weighted by Crippen LogP contribution is 2.39. The van der Waals surface area contributed by atoms with E-state index in [0.29, 0.717) is 6.04 Å². The van der Waals surface area contributed by atoms with Crippen LogP contribution in [0.1, 0.15) is 33.3 Å². The topological polar surface area (TPSA) is 15.3 Å². The molecule has 0 aliphatic carbocycles. The second-order valence-electron chi connectivity index (χ2n) is 5.60. The molecule has 88 valence electrons. The Balaban J connectivity index is 2.54. The van der Waals surface area contributed by atoms with E-state index in [2.05, 4.69) is 63.0 Å². The number of aryl methyl sites for hydroxylation is 1. The summed E-state index contributed by atoms with van der Waals surface area (Å²) in [4.78, 5) is 2.52. The third-order valence-corrected chi connectivity index (χ3v) is 3.38. The molecule has 0 saturated carbocycles. The Labute approximate surface area is 98.7 Å². The van der Waals surface area contributed by atoms with Crippen molar-refractivity contribution in [2.45, 2.75) is 46.2 Å². The summed E-state index contributed by atoms with van der Waals surface area (Å²) in [5.41, 5.74) is 4.15. The summed E-state index contributed by atoms with van der Waals surface area (Å²) < 4.78 is 0. The van der Waals surface area contributed by atoms with E-state index in [-0.39, 0.29) is 5.54 Å². The fraction of sp³-hybridized carbons (Fsp3) is 0.571. The maximum absolute atomic E-state index is 3.56. The molecule has 0 saturated heterocycles. The summed E-state index contributed by atoms with van der Waals surface area (Å²) in [7, 11) is 0. The van der Waals surface area contributed by atoms with Crippen LogP contribution in [0.25, 0.3) is 0 Å². The largest absolute Gasteiger partial charge is 0.381 e. The number of anilines is 2. The Bertz CT molecular complexity index is 394. The molecule has 1 aliphatic rings. The van der Waals surface area contributed by atoms with Gasteiger partial charge in [-0.2, -0.15) is 0 Å². The summed E-state index contributed by atoms with van der Waals surface area (Å²) in [5.74, 6) is 0. The summed E-state index contributed by atoms with van der Waals surface area (Å²) in [5, 5.41) is 3.56. The van der Waals surface area contributed by atoms with Crippen molar-refractivity contribution in [1.29, 1.82) is 0 Å². The molecule has 1 aliphatic heterocycles. The molecular weight excluding hydrogens is 196 g/mol. The molecular formula is C14H22N2. The lowest BCUT2D eigenvalue weighted by Gasteiger charge is -2.48. The minimum Gasteiger partial charge on any atom is -0.381 e. The predicted molar refractivity (Wildman–Crippen MR) is 71.4 cm³/mol. The van der Waals surface area contributed by atoms with Crippen molar-refractivity contribution in [3.8, 4) is 0 Å². The van der Waals surface area contributed by atoms with Gasteiger partial charge in [0.05, 0.1) is 16.9 Å². The number of rotatable bonds is 1. The molecule has 0 radical (unpaired) electrons. The van der Waals surface area contributed by atoms with Crippen LogP contribution in [-0.4, -0.2) is 18.1 Å². The third kappa shape index (κ3) is 1.66. The van der Waals surface area contributed by atoms with Gasteiger partial charge in [0.1, 0.15) is 0 Å². The van der Waals surface area contributed by atoms with Crippen molar-refractivity contribution >= 4 is 11.4 Å². The van der Waals surface area contributed by atoms with Crippen LogP contribution in [0.3, 0.4) is 0 Å². The summed E-state index contributed by atoms with van der Waals surface area (Å²) in [6, 6.07) is 7.06. The van der Waals surface area contributed by atoms with Crippen molar-refractivity contribution in [2.24, 2.45) is 0 Å². The number of benzene rings is 1. The van der Waals surface area contributed by atoms with Crippen LogP contribution in [0.5, 0.6) is 0 Å². The van der Waals surface area contributed by atoms with Crippen molar-refractivity contribution in [3.63, 3.8) is 0 Å². The number of hydrogen-bond acceptors (Lipinski definition) is 2. The Morgan fingerprint density at radius 1 is 1.31 bits per heavy atom. The fourth-order valence-electron chi connectivity index (χ4n) is 2.78. The Hall–Kier alpha value is -1.18. The molecule has 0 bridgehead atoms. The fourth-order valence-corrected chi connectivity index (χ4v) is 2.78. The van der Waals surface area contributed by atoms with Gasteiger partial charge in [0.25, 0.3) is 0 Å². The van der Waals surface area contributed by atoms with Crippen LogP contribution in [0.2, 0.25) is 0 Å². The maximum Gasteiger partial charge on any atom is 0.0612 e. The van der Waals surface area contributed by atoms with E-state index < -0.39 is 0 Å². The van der Waals surface area contributed by atoms with Crippen LogP contribution in [0.15, 0.2) is 18.2 Å². The highest BCUT2D eigenvalue weighted by atomic mass is 15.3. The van der Waals surface area contributed by atoms with Gasteiger partial charge >= 0.3 is 0 Å². The molecule has 0 unspecified atom stereocenters. The number of para-hydroxylation sites is 1. The van der Waals surface area contributed by atoms with E-state index in [9.17, 15) is 0 Å². The molecule has 16 heavy (non-hydrogen) atoms. The molecule has 0 fully saturated rings. The minimum absolute atomic E-state index is 0.176. The molecule has 0 amide bonds. The lowest BCUT2D eigenvalue weighted by atomic mass is 9.94. The first-order chi connectivity index (χ1) is 7.43. The molecule has 2 nitrogen and oxygen atoms in total. The first-order valence-corrected chi connectivity index (χ1v) is 6.06. The molecule has 1 aromatic rings. The van der Waals surface area contributed by atoms with Crippen LogP contribution < -0.4 is 10.2 Å². The summed E-state index contributed by atoms with van der Waals surface area (Å²) in [6.45, 7) is 12.3. The number of fused-ring (bicyclic) bond motifs is 1. The van der Waals surface area contributed by atoms with E-state index >= 15 is 0 Å². The SMILES string of the molecule is Cc1cccc2c1NCC(C)(C)N2C(C)C. The molecule has 0 aromatic heterocycles. The molecule has 1 N–H and O–H groups in total. The van der Waals surface area contributed by atoms with Crippen molar-refractivity contribution in [3.05, 3.63) is 23.8 Å². The molecule has 2 heteroatoms. The van der Waals surface area contributed by atoms with Crippen molar-refractivity contribution < 1.29 is 0 Å². The zero-order valence-electron chi connectivity index (χ0n) is 11.0. The second kappa shape index (κ2) is 3.69. The van der Waals surface area contributed by atoms with Gasteiger partial charge in [-0.1, -0.05) is 12.1 Å². The van der Waals surface area contributed by atoms with E-state index in [1.807, 2.05) is 0 Å². The van der Waals surface area contributed by atoms with Crippen LogP contribution in [-0.2, 0) is 0 Å². The van der Waals surface area contributed by atoms with Gasteiger partial charge in [-0.15, -0.1) is 0 Å². The van der Waals surface area contributed by atoms with Crippen molar-refractivity contribution in [1.82, 2.24) is 0 Å². The predicted octanol–water partition coefficient (Wildman–Crippen LogP) is 3.41. The molecule has 1 aromatic carbocycles. The first kappa shape index (κ1) is 11.3. The Morgan fingerprint density at radius 2 is 2.00 bits per heavy atom. The summed E-state index contributed by atoms with van der Waals surface area (Å²) >= 11 is 0. The Kier molecular flexibility index (Phi) is 2.61. The zero-order valence-corrected chi connectivity index (χ0v) is 11.0. The second-order valence-corrected chi connectivity index (χ2v) is 5.60. The van der Waals surface area contributed by atoms with E-state index in [0.717, 1.165) is 6.54 Å². The lowest BCUT2D eigenvalue weighted by Crippen LogP contribution is -2.55. The van der Waals surface area contributed by atoms with Crippen LogP contribution in [0, 0.1) is 6.92 Å². The van der Waals surface area contributed by atoms with Gasteiger partial charge in [0.2, 0.25) is 0 Å². The number of nitrogens with zero attached hydrogens (tertiary/aromatic N) is 1. The number of hydrogen-bond donors (Lipinski definition) is 1. The highest BCUT2D eigenvalue weighted by molar-refractivity contribution is 5.77. The standard InChI is InChI=1S/C14H22N2/c1-10(2)16-12-8-6-7-11(3)13(12)15-9-14(16,4)5/h6-8,10,15H,9H2,1-5H3. The highest BCUT2D eigenvalue weighted by Gasteiger charge is 2.34. The van der Waals surface area contributed by atoms with Gasteiger partial charge in [-0.25, -0.2) is 0 Å². The third-order valence-electron chi connectivity index (χ3n) is 3.38. The van der Waals surface area contributed by atoms with Gasteiger partial charge in [-0.3, -0.25) is 0 Å². The monoisotopic (exact) mass is 218 g/mol. The van der Waals surface area contributed by atoms with E-state index in [1.165, 1.54) is 16.9 Å². The molecule has 0 spiro atoms. The van der Waals surface area contributed by atoms with Gasteiger partial charge in [-0.05, 0) is 46.2 Å². The van der Waals surface area contributed by atoms with Gasteiger partial charge < -0.3 is 10.2 Å². The minimum atomic E-state index is 0.176. The van der Waals surface area contributed by atoms with E-state index in [4.69, 9.17) is 0 Å². The van der Waals surface area contributed by atoms with Gasteiger partial charge in [0, 0.05) is 12.6 Å². The maximum atomic E-state index is 3.56. The average molecular weight is 218 g/mol.